The monoisotopic (exact) mass is 319 g/mol. The summed E-state index contributed by atoms with van der Waals surface area (Å²) in [5, 5.41) is 4.84. The molecule has 1 aliphatic heterocycles. The molecule has 0 aliphatic carbocycles. The van der Waals surface area contributed by atoms with E-state index in [0.717, 1.165) is 42.8 Å². The molecule has 5 nitrogen and oxygen atoms in total. The van der Waals surface area contributed by atoms with Crippen molar-refractivity contribution in [3.63, 3.8) is 0 Å². The second kappa shape index (κ2) is 6.50. The average molecular weight is 320 g/mol. The Bertz CT molecular complexity index is 699. The van der Waals surface area contributed by atoms with Crippen molar-refractivity contribution in [2.24, 2.45) is 0 Å². The van der Waals surface area contributed by atoms with E-state index in [1.165, 1.54) is 0 Å². The van der Waals surface area contributed by atoms with Gasteiger partial charge in [0.25, 0.3) is 0 Å². The number of halogens is 1. The maximum Gasteiger partial charge on any atom is 0.341 e. The molecule has 0 amide bonds. The third-order valence-electron chi connectivity index (χ3n) is 3.73. The van der Waals surface area contributed by atoms with Gasteiger partial charge in [0.1, 0.15) is 5.56 Å². The van der Waals surface area contributed by atoms with Gasteiger partial charge in [-0.15, -0.1) is 0 Å². The van der Waals surface area contributed by atoms with Crippen molar-refractivity contribution in [1.82, 2.24) is 10.3 Å². The van der Waals surface area contributed by atoms with E-state index in [4.69, 9.17) is 16.3 Å². The number of hydrogen-bond acceptors (Lipinski definition) is 5. The van der Waals surface area contributed by atoms with E-state index in [-0.39, 0.29) is 5.97 Å². The van der Waals surface area contributed by atoms with E-state index in [9.17, 15) is 4.79 Å². The van der Waals surface area contributed by atoms with Gasteiger partial charge in [-0.3, -0.25) is 4.98 Å². The number of anilines is 1. The van der Waals surface area contributed by atoms with Crippen LogP contribution >= 0.6 is 11.6 Å². The molecule has 0 atom stereocenters. The second-order valence-corrected chi connectivity index (χ2v) is 5.58. The molecule has 1 fully saturated rings. The molecule has 1 aliphatic rings. The number of fused-ring (bicyclic) bond motifs is 1. The molecule has 0 bridgehead atoms. The first-order valence-electron chi connectivity index (χ1n) is 7.41. The van der Waals surface area contributed by atoms with E-state index in [2.05, 4.69) is 15.2 Å². The van der Waals surface area contributed by atoms with E-state index in [0.29, 0.717) is 17.2 Å². The van der Waals surface area contributed by atoms with Crippen LogP contribution < -0.4 is 10.2 Å². The maximum absolute atomic E-state index is 12.3. The van der Waals surface area contributed by atoms with Gasteiger partial charge in [0.2, 0.25) is 0 Å². The van der Waals surface area contributed by atoms with Crippen molar-refractivity contribution >= 4 is 34.2 Å². The molecule has 1 N–H and O–H groups in total. The van der Waals surface area contributed by atoms with Gasteiger partial charge < -0.3 is 15.0 Å². The zero-order valence-electron chi connectivity index (χ0n) is 12.4. The highest BCUT2D eigenvalue weighted by atomic mass is 35.5. The molecule has 0 unspecified atom stereocenters. The number of rotatable bonds is 3. The third kappa shape index (κ3) is 2.87. The summed E-state index contributed by atoms with van der Waals surface area (Å²) in [6.45, 7) is 5.57. The minimum absolute atomic E-state index is 0.341. The molecule has 2 aromatic rings. The number of aromatic nitrogens is 1. The first kappa shape index (κ1) is 15.1. The molecule has 22 heavy (non-hydrogen) atoms. The lowest BCUT2D eigenvalue weighted by atomic mass is 10.1. The fourth-order valence-electron chi connectivity index (χ4n) is 2.74. The number of pyridine rings is 1. The van der Waals surface area contributed by atoms with Gasteiger partial charge in [0, 0.05) is 42.8 Å². The highest BCUT2D eigenvalue weighted by molar-refractivity contribution is 6.31. The summed E-state index contributed by atoms with van der Waals surface area (Å²) in [5.74, 6) is -0.342. The van der Waals surface area contributed by atoms with Crippen LogP contribution in [0.15, 0.2) is 24.4 Å². The normalized spacial score (nSPS) is 15.1. The highest BCUT2D eigenvalue weighted by Gasteiger charge is 2.22. The topological polar surface area (TPSA) is 54.5 Å². The SMILES string of the molecule is CCOC(=O)c1cnc2ccc(Cl)cc2c1N1CCNCC1. The van der Waals surface area contributed by atoms with Crippen molar-refractivity contribution in [1.29, 1.82) is 0 Å². The number of esters is 1. The third-order valence-corrected chi connectivity index (χ3v) is 3.97. The van der Waals surface area contributed by atoms with Crippen molar-refractivity contribution in [2.45, 2.75) is 6.92 Å². The molecule has 0 spiro atoms. The predicted molar refractivity (Wildman–Crippen MR) is 87.8 cm³/mol. The van der Waals surface area contributed by atoms with Crippen LogP contribution in [0.1, 0.15) is 17.3 Å². The quantitative estimate of drug-likeness (QED) is 0.881. The van der Waals surface area contributed by atoms with Crippen LogP contribution in [0.5, 0.6) is 0 Å². The fourth-order valence-corrected chi connectivity index (χ4v) is 2.91. The smallest absolute Gasteiger partial charge is 0.341 e. The molecule has 116 valence electrons. The number of benzene rings is 1. The van der Waals surface area contributed by atoms with E-state index >= 15 is 0 Å². The lowest BCUT2D eigenvalue weighted by Crippen LogP contribution is -2.44. The highest BCUT2D eigenvalue weighted by Crippen LogP contribution is 2.32. The van der Waals surface area contributed by atoms with E-state index < -0.39 is 0 Å². The molecule has 6 heteroatoms. The summed E-state index contributed by atoms with van der Waals surface area (Å²) in [4.78, 5) is 18.9. The molecule has 3 rings (SSSR count). The van der Waals surface area contributed by atoms with Gasteiger partial charge in [-0.05, 0) is 25.1 Å². The van der Waals surface area contributed by atoms with Gasteiger partial charge in [-0.1, -0.05) is 11.6 Å². The van der Waals surface area contributed by atoms with Crippen molar-refractivity contribution in [3.8, 4) is 0 Å². The van der Waals surface area contributed by atoms with Crippen LogP contribution in [0.2, 0.25) is 5.02 Å². The van der Waals surface area contributed by atoms with Gasteiger partial charge in [0.15, 0.2) is 0 Å². The molecule has 1 saturated heterocycles. The molecule has 2 heterocycles. The Morgan fingerprint density at radius 1 is 1.41 bits per heavy atom. The van der Waals surface area contributed by atoms with Crippen molar-refractivity contribution < 1.29 is 9.53 Å². The standard InChI is InChI=1S/C16H18ClN3O2/c1-2-22-16(21)13-10-19-14-4-3-11(17)9-12(14)15(13)20-7-5-18-6-8-20/h3-4,9-10,18H,2,5-8H2,1H3. The minimum Gasteiger partial charge on any atom is -0.462 e. The average Bonchev–Trinajstić information content (AvgIpc) is 2.54. The second-order valence-electron chi connectivity index (χ2n) is 5.14. The van der Waals surface area contributed by atoms with Crippen LogP contribution in [0, 0.1) is 0 Å². The van der Waals surface area contributed by atoms with Gasteiger partial charge in [-0.2, -0.15) is 0 Å². The van der Waals surface area contributed by atoms with Crippen LogP contribution in [0.4, 0.5) is 5.69 Å². The minimum atomic E-state index is -0.342. The lowest BCUT2D eigenvalue weighted by molar-refractivity contribution is 0.0527. The molecule has 1 aromatic heterocycles. The molecular weight excluding hydrogens is 302 g/mol. The Morgan fingerprint density at radius 3 is 2.91 bits per heavy atom. The Kier molecular flexibility index (Phi) is 4.45. The van der Waals surface area contributed by atoms with Crippen molar-refractivity contribution in [2.75, 3.05) is 37.7 Å². The van der Waals surface area contributed by atoms with E-state index in [1.807, 2.05) is 18.2 Å². The maximum atomic E-state index is 12.3. The predicted octanol–water partition coefficient (Wildman–Crippen LogP) is 2.47. The number of nitrogens with zero attached hydrogens (tertiary/aromatic N) is 2. The summed E-state index contributed by atoms with van der Waals surface area (Å²) in [7, 11) is 0. The van der Waals surface area contributed by atoms with Gasteiger partial charge >= 0.3 is 5.97 Å². The largest absolute Gasteiger partial charge is 0.462 e. The van der Waals surface area contributed by atoms with E-state index in [1.54, 1.807) is 13.1 Å². The number of hydrogen-bond donors (Lipinski definition) is 1. The van der Waals surface area contributed by atoms with Gasteiger partial charge in [0.05, 0.1) is 17.8 Å². The zero-order chi connectivity index (χ0) is 15.5. The summed E-state index contributed by atoms with van der Waals surface area (Å²) < 4.78 is 5.18. The Balaban J connectivity index is 2.18. The zero-order valence-corrected chi connectivity index (χ0v) is 13.2. The van der Waals surface area contributed by atoms with Crippen LogP contribution in [-0.4, -0.2) is 43.7 Å². The number of ether oxygens (including phenoxy) is 1. The number of piperazine rings is 1. The number of carbonyl (C=O) groups excluding carboxylic acids is 1. The molecule has 1 aromatic carbocycles. The summed E-state index contributed by atoms with van der Waals surface area (Å²) in [6, 6.07) is 5.55. The first-order chi connectivity index (χ1) is 10.7. The number of nitrogens with one attached hydrogen (secondary N) is 1. The van der Waals surface area contributed by atoms with Crippen LogP contribution in [-0.2, 0) is 4.74 Å². The van der Waals surface area contributed by atoms with Crippen LogP contribution in [0.25, 0.3) is 10.9 Å². The molecule has 0 saturated carbocycles. The number of carbonyl (C=O) groups is 1. The first-order valence-corrected chi connectivity index (χ1v) is 7.79. The Labute approximate surface area is 134 Å². The Morgan fingerprint density at radius 2 is 2.18 bits per heavy atom. The molecule has 0 radical (unpaired) electrons. The summed E-state index contributed by atoms with van der Waals surface area (Å²) in [5.41, 5.74) is 2.19. The Hall–Kier alpha value is -1.85. The molecular formula is C16H18ClN3O2. The summed E-state index contributed by atoms with van der Waals surface area (Å²) >= 11 is 6.15. The van der Waals surface area contributed by atoms with Crippen molar-refractivity contribution in [3.05, 3.63) is 35.0 Å². The summed E-state index contributed by atoms with van der Waals surface area (Å²) in [6.07, 6.45) is 1.60. The van der Waals surface area contributed by atoms with Gasteiger partial charge in [-0.25, -0.2) is 4.79 Å². The fraction of sp³-hybridized carbons (Fsp3) is 0.375. The lowest BCUT2D eigenvalue weighted by Gasteiger charge is -2.31. The van der Waals surface area contributed by atoms with Crippen LogP contribution in [0.3, 0.4) is 0 Å².